The van der Waals surface area contributed by atoms with Crippen LogP contribution in [0, 0.1) is 0 Å². The van der Waals surface area contributed by atoms with Gasteiger partial charge >= 0.3 is 0 Å². The van der Waals surface area contributed by atoms with Crippen LogP contribution in [0.4, 0.5) is 0 Å². The predicted octanol–water partition coefficient (Wildman–Crippen LogP) is 2.72. The molecule has 0 radical (unpaired) electrons. The summed E-state index contributed by atoms with van der Waals surface area (Å²) in [5.74, 6) is 0. The zero-order chi connectivity index (χ0) is 7.78. The van der Waals surface area contributed by atoms with Gasteiger partial charge in [-0.25, -0.2) is 0 Å². The maximum atomic E-state index is 9.25. The zero-order valence-corrected chi connectivity index (χ0v) is 8.04. The van der Waals surface area contributed by atoms with Gasteiger partial charge in [0.25, 0.3) is 0 Å². The summed E-state index contributed by atoms with van der Waals surface area (Å²) in [5, 5.41) is 8.48. The molecular formula is C6H5BrCl2O. The van der Waals surface area contributed by atoms with Crippen molar-refractivity contribution >= 4 is 39.1 Å². The zero-order valence-electron chi connectivity index (χ0n) is 4.94. The van der Waals surface area contributed by atoms with E-state index in [1.54, 1.807) is 6.08 Å². The van der Waals surface area contributed by atoms with Gasteiger partial charge in [0.15, 0.2) is 5.06 Å². The maximum Gasteiger partial charge on any atom is 0.163 e. The molecule has 0 heterocycles. The van der Waals surface area contributed by atoms with E-state index >= 15 is 0 Å². The molecule has 0 aromatic rings. The summed E-state index contributed by atoms with van der Waals surface area (Å²) in [6, 6.07) is 0. The molecular weight excluding hydrogens is 239 g/mol. The number of rotatable bonds is 0. The summed E-state index contributed by atoms with van der Waals surface area (Å²) in [4.78, 5) is 0. The third kappa shape index (κ3) is 2.27. The normalized spacial score (nSPS) is 33.2. The second kappa shape index (κ2) is 2.86. The molecule has 0 fully saturated rings. The van der Waals surface area contributed by atoms with E-state index in [2.05, 4.69) is 15.9 Å². The Morgan fingerprint density at radius 1 is 1.70 bits per heavy atom. The lowest BCUT2D eigenvalue weighted by molar-refractivity contribution is 0.180. The average molecular weight is 244 g/mol. The van der Waals surface area contributed by atoms with Crippen LogP contribution in [0.1, 0.15) is 6.42 Å². The van der Waals surface area contributed by atoms with Crippen molar-refractivity contribution in [2.24, 2.45) is 0 Å². The Kier molecular flexibility index (Phi) is 2.46. The monoisotopic (exact) mass is 242 g/mol. The van der Waals surface area contributed by atoms with E-state index < -0.39 is 5.06 Å². The smallest absolute Gasteiger partial charge is 0.163 e. The lowest BCUT2D eigenvalue weighted by Gasteiger charge is -2.19. The third-order valence-corrected chi connectivity index (χ3v) is 2.01. The molecule has 1 atom stereocenters. The first-order valence-electron chi connectivity index (χ1n) is 2.65. The molecule has 0 spiro atoms. The SMILES string of the molecule is OC1(Cl)C=C(Br)C=C(Cl)C1. The Morgan fingerprint density at radius 3 is 2.70 bits per heavy atom. The molecule has 1 rings (SSSR count). The maximum absolute atomic E-state index is 9.25. The van der Waals surface area contributed by atoms with Gasteiger partial charge in [-0.05, 0) is 12.2 Å². The molecule has 1 N–H and O–H groups in total. The molecule has 56 valence electrons. The highest BCUT2D eigenvalue weighted by Gasteiger charge is 2.24. The quantitative estimate of drug-likeness (QED) is 0.649. The Balaban J connectivity index is 2.88. The highest BCUT2D eigenvalue weighted by atomic mass is 79.9. The fourth-order valence-corrected chi connectivity index (χ4v) is 2.31. The summed E-state index contributed by atoms with van der Waals surface area (Å²) < 4.78 is 0.709. The molecule has 1 aliphatic carbocycles. The third-order valence-electron chi connectivity index (χ3n) is 1.07. The van der Waals surface area contributed by atoms with E-state index in [0.29, 0.717) is 9.51 Å². The Hall–Kier alpha value is 0.500. The number of aliphatic hydroxyl groups is 1. The Bertz CT molecular complexity index is 208. The first-order valence-corrected chi connectivity index (χ1v) is 4.20. The van der Waals surface area contributed by atoms with Crippen molar-refractivity contribution in [1.29, 1.82) is 0 Å². The van der Waals surface area contributed by atoms with Gasteiger partial charge in [-0.15, -0.1) is 0 Å². The average Bonchev–Trinajstić information content (AvgIpc) is 1.54. The Morgan fingerprint density at radius 2 is 2.30 bits per heavy atom. The van der Waals surface area contributed by atoms with Crippen molar-refractivity contribution in [3.8, 4) is 0 Å². The molecule has 0 aromatic heterocycles. The summed E-state index contributed by atoms with van der Waals surface area (Å²) in [6.45, 7) is 0. The molecule has 1 nitrogen and oxygen atoms in total. The van der Waals surface area contributed by atoms with Crippen molar-refractivity contribution < 1.29 is 5.11 Å². The van der Waals surface area contributed by atoms with Crippen LogP contribution in [-0.4, -0.2) is 10.2 Å². The van der Waals surface area contributed by atoms with E-state index in [4.69, 9.17) is 23.2 Å². The molecule has 0 saturated heterocycles. The molecule has 1 unspecified atom stereocenters. The van der Waals surface area contributed by atoms with E-state index in [9.17, 15) is 5.11 Å². The van der Waals surface area contributed by atoms with Crippen LogP contribution in [0.15, 0.2) is 21.7 Å². The van der Waals surface area contributed by atoms with Crippen LogP contribution in [0.25, 0.3) is 0 Å². The molecule has 0 aliphatic heterocycles. The van der Waals surface area contributed by atoms with Crippen molar-refractivity contribution in [3.63, 3.8) is 0 Å². The largest absolute Gasteiger partial charge is 0.371 e. The summed E-state index contributed by atoms with van der Waals surface area (Å²) in [6.07, 6.45) is 3.48. The standard InChI is InChI=1S/C6H5BrCl2O/c7-4-1-5(8)3-6(9,10)2-4/h1-2,10H,3H2. The topological polar surface area (TPSA) is 20.2 Å². The minimum atomic E-state index is -1.31. The van der Waals surface area contributed by atoms with Crippen LogP contribution in [0.5, 0.6) is 0 Å². The van der Waals surface area contributed by atoms with E-state index in [1.165, 1.54) is 6.08 Å². The van der Waals surface area contributed by atoms with Gasteiger partial charge in [0.05, 0.1) is 0 Å². The van der Waals surface area contributed by atoms with Gasteiger partial charge in [-0.3, -0.25) is 0 Å². The van der Waals surface area contributed by atoms with Crippen LogP contribution < -0.4 is 0 Å². The van der Waals surface area contributed by atoms with E-state index in [-0.39, 0.29) is 6.42 Å². The van der Waals surface area contributed by atoms with Gasteiger partial charge in [0.2, 0.25) is 0 Å². The van der Waals surface area contributed by atoms with E-state index in [1.807, 2.05) is 0 Å². The highest BCUT2D eigenvalue weighted by molar-refractivity contribution is 9.11. The fraction of sp³-hybridized carbons (Fsp3) is 0.333. The Labute approximate surface area is 77.4 Å². The van der Waals surface area contributed by atoms with Gasteiger partial charge < -0.3 is 5.11 Å². The summed E-state index contributed by atoms with van der Waals surface area (Å²) >= 11 is 14.4. The van der Waals surface area contributed by atoms with Gasteiger partial charge in [0.1, 0.15) is 0 Å². The minimum absolute atomic E-state index is 0.269. The number of alkyl halides is 1. The first kappa shape index (κ1) is 8.60. The fourth-order valence-electron chi connectivity index (χ4n) is 0.741. The molecule has 4 heteroatoms. The van der Waals surface area contributed by atoms with Gasteiger partial charge in [0, 0.05) is 15.9 Å². The second-order valence-electron chi connectivity index (χ2n) is 2.12. The van der Waals surface area contributed by atoms with Crippen molar-refractivity contribution in [2.45, 2.75) is 11.5 Å². The number of hydrogen-bond donors (Lipinski definition) is 1. The van der Waals surface area contributed by atoms with Crippen LogP contribution in [0.3, 0.4) is 0 Å². The minimum Gasteiger partial charge on any atom is -0.371 e. The highest BCUT2D eigenvalue weighted by Crippen LogP contribution is 2.33. The summed E-state index contributed by atoms with van der Waals surface area (Å²) in [7, 11) is 0. The predicted molar refractivity (Wildman–Crippen MR) is 46.4 cm³/mol. The molecule has 10 heavy (non-hydrogen) atoms. The summed E-state index contributed by atoms with van der Waals surface area (Å²) in [5.41, 5.74) is 0. The van der Waals surface area contributed by atoms with Gasteiger partial charge in [-0.1, -0.05) is 39.1 Å². The van der Waals surface area contributed by atoms with Crippen LogP contribution in [0.2, 0.25) is 0 Å². The molecule has 0 amide bonds. The number of hydrogen-bond acceptors (Lipinski definition) is 1. The second-order valence-corrected chi connectivity index (χ2v) is 4.17. The first-order chi connectivity index (χ1) is 4.49. The van der Waals surface area contributed by atoms with Crippen molar-refractivity contribution in [2.75, 3.05) is 0 Å². The van der Waals surface area contributed by atoms with E-state index in [0.717, 1.165) is 0 Å². The van der Waals surface area contributed by atoms with Crippen molar-refractivity contribution in [3.05, 3.63) is 21.7 Å². The van der Waals surface area contributed by atoms with Crippen molar-refractivity contribution in [1.82, 2.24) is 0 Å². The number of halogens is 3. The molecule has 1 aliphatic rings. The van der Waals surface area contributed by atoms with Crippen LogP contribution >= 0.6 is 39.1 Å². The molecule has 0 bridgehead atoms. The van der Waals surface area contributed by atoms with Crippen LogP contribution in [-0.2, 0) is 0 Å². The molecule has 0 saturated carbocycles. The number of allylic oxidation sites excluding steroid dienone is 2. The lowest BCUT2D eigenvalue weighted by atomic mass is 10.1. The molecule has 0 aromatic carbocycles. The van der Waals surface area contributed by atoms with Gasteiger partial charge in [-0.2, -0.15) is 0 Å². The lowest BCUT2D eigenvalue weighted by Crippen LogP contribution is -2.19.